The Labute approximate surface area is 147 Å². The molecule has 1 aromatic rings. The topological polar surface area (TPSA) is 46.5 Å². The third-order valence-corrected chi connectivity index (χ3v) is 9.62. The highest BCUT2D eigenvalue weighted by molar-refractivity contribution is 9.15. The molecule has 102 valence electrons. The molecular formula is C9H8Br5O3P. The first-order chi connectivity index (χ1) is 8.21. The maximum Gasteiger partial charge on any atom is 0.332 e. The molecule has 1 aromatic carbocycles. The van der Waals surface area contributed by atoms with Gasteiger partial charge in [-0.25, -0.2) is 0 Å². The Morgan fingerprint density at radius 2 is 1.39 bits per heavy atom. The van der Waals surface area contributed by atoms with E-state index in [-0.39, 0.29) is 12.8 Å². The van der Waals surface area contributed by atoms with Gasteiger partial charge >= 0.3 is 7.60 Å². The van der Waals surface area contributed by atoms with Gasteiger partial charge in [-0.1, -0.05) is 0 Å². The molecule has 1 N–H and O–H groups in total. The average Bonchev–Trinajstić information content (AvgIpc) is 2.30. The molecule has 0 heterocycles. The first kappa shape index (κ1) is 17.8. The van der Waals surface area contributed by atoms with Crippen LogP contribution < -0.4 is 0 Å². The number of benzene rings is 1. The third kappa shape index (κ3) is 4.13. The molecule has 9 heteroatoms. The van der Waals surface area contributed by atoms with E-state index in [1.165, 1.54) is 0 Å². The molecule has 0 amide bonds. The van der Waals surface area contributed by atoms with Crippen LogP contribution in [0.5, 0.6) is 0 Å². The summed E-state index contributed by atoms with van der Waals surface area (Å²) in [6, 6.07) is 0. The van der Waals surface area contributed by atoms with Gasteiger partial charge < -0.3 is 9.42 Å². The van der Waals surface area contributed by atoms with E-state index in [1.54, 1.807) is 6.92 Å². The molecule has 0 fully saturated rings. The second kappa shape index (κ2) is 7.16. The van der Waals surface area contributed by atoms with Crippen LogP contribution in [0.15, 0.2) is 22.4 Å². The zero-order valence-corrected chi connectivity index (χ0v) is 17.8. The van der Waals surface area contributed by atoms with Gasteiger partial charge in [0.05, 0.1) is 12.8 Å². The summed E-state index contributed by atoms with van der Waals surface area (Å²) in [6.07, 6.45) is -0.0769. The van der Waals surface area contributed by atoms with Crippen LogP contribution in [0.3, 0.4) is 0 Å². The highest BCUT2D eigenvalue weighted by atomic mass is 79.9. The van der Waals surface area contributed by atoms with E-state index in [4.69, 9.17) is 4.52 Å². The van der Waals surface area contributed by atoms with E-state index in [9.17, 15) is 9.46 Å². The van der Waals surface area contributed by atoms with Crippen molar-refractivity contribution in [3.63, 3.8) is 0 Å². The molecule has 0 aliphatic rings. The molecule has 0 radical (unpaired) electrons. The SMILES string of the molecule is CCOP(=O)(O)Cc1c(Br)c(Br)c(Br)c(Br)c1Br. The van der Waals surface area contributed by atoms with E-state index >= 15 is 0 Å². The minimum Gasteiger partial charge on any atom is -0.324 e. The monoisotopic (exact) mass is 590 g/mol. The Kier molecular flexibility index (Phi) is 7.09. The Morgan fingerprint density at radius 1 is 1.00 bits per heavy atom. The van der Waals surface area contributed by atoms with Gasteiger partial charge in [-0.05, 0) is 92.1 Å². The molecule has 0 spiro atoms. The van der Waals surface area contributed by atoms with Crippen LogP contribution in [0, 0.1) is 0 Å². The fourth-order valence-corrected chi connectivity index (χ4v) is 6.29. The summed E-state index contributed by atoms with van der Waals surface area (Å²) in [7, 11) is -3.64. The standard InChI is InChI=1S/C9H8Br5O3P/c1-2-17-18(15,16)3-4-5(10)7(12)9(14)8(13)6(4)11/h2-3H2,1H3,(H,15,16). The first-order valence-corrected chi connectivity index (χ1v) is 10.4. The van der Waals surface area contributed by atoms with Gasteiger partial charge in [0.15, 0.2) is 0 Å². The van der Waals surface area contributed by atoms with Crippen molar-refractivity contribution in [1.29, 1.82) is 0 Å². The van der Waals surface area contributed by atoms with Gasteiger partial charge in [0.1, 0.15) is 0 Å². The average molecular weight is 595 g/mol. The lowest BCUT2D eigenvalue weighted by Gasteiger charge is -2.16. The molecule has 1 rings (SSSR count). The van der Waals surface area contributed by atoms with Gasteiger partial charge in [0.25, 0.3) is 0 Å². The highest BCUT2D eigenvalue weighted by Crippen LogP contribution is 2.52. The van der Waals surface area contributed by atoms with Gasteiger partial charge in [-0.3, -0.25) is 4.57 Å². The quantitative estimate of drug-likeness (QED) is 0.256. The summed E-state index contributed by atoms with van der Waals surface area (Å²) in [5.74, 6) is 0. The van der Waals surface area contributed by atoms with Gasteiger partial charge in [-0.2, -0.15) is 0 Å². The largest absolute Gasteiger partial charge is 0.332 e. The summed E-state index contributed by atoms with van der Waals surface area (Å²) >= 11 is 17.0. The van der Waals surface area contributed by atoms with Crippen LogP contribution in [0.2, 0.25) is 0 Å². The number of hydrogen-bond donors (Lipinski definition) is 1. The molecule has 0 saturated carbocycles. The zero-order valence-electron chi connectivity index (χ0n) is 9.01. The zero-order chi connectivity index (χ0) is 14.1. The Morgan fingerprint density at radius 3 is 1.78 bits per heavy atom. The van der Waals surface area contributed by atoms with Crippen molar-refractivity contribution >= 4 is 87.2 Å². The van der Waals surface area contributed by atoms with Crippen molar-refractivity contribution < 1.29 is 14.0 Å². The van der Waals surface area contributed by atoms with Crippen molar-refractivity contribution in [3.8, 4) is 0 Å². The van der Waals surface area contributed by atoms with Crippen molar-refractivity contribution in [2.24, 2.45) is 0 Å². The van der Waals surface area contributed by atoms with Crippen molar-refractivity contribution in [1.82, 2.24) is 0 Å². The Hall–Kier alpha value is 1.77. The van der Waals surface area contributed by atoms with Gasteiger partial charge in [0.2, 0.25) is 0 Å². The molecule has 0 bridgehead atoms. The van der Waals surface area contributed by atoms with E-state index in [0.717, 1.165) is 13.4 Å². The maximum absolute atomic E-state index is 11.8. The summed E-state index contributed by atoms with van der Waals surface area (Å²) in [5, 5.41) is 0. The molecule has 1 unspecified atom stereocenters. The smallest absolute Gasteiger partial charge is 0.324 e. The van der Waals surface area contributed by atoms with Crippen LogP contribution >= 0.6 is 87.2 Å². The third-order valence-electron chi connectivity index (χ3n) is 1.99. The lowest BCUT2D eigenvalue weighted by atomic mass is 10.2. The van der Waals surface area contributed by atoms with E-state index in [2.05, 4.69) is 79.6 Å². The van der Waals surface area contributed by atoms with Crippen LogP contribution in [-0.2, 0) is 15.3 Å². The molecule has 0 aliphatic carbocycles. The Bertz CT molecular complexity index is 490. The van der Waals surface area contributed by atoms with Crippen molar-refractivity contribution in [2.75, 3.05) is 6.61 Å². The minimum absolute atomic E-state index is 0.0769. The predicted octanol–water partition coefficient (Wildman–Crippen LogP) is 6.22. The molecular weight excluding hydrogens is 587 g/mol. The van der Waals surface area contributed by atoms with Crippen LogP contribution in [0.25, 0.3) is 0 Å². The first-order valence-electron chi connectivity index (χ1n) is 4.68. The molecule has 0 aliphatic heterocycles. The number of rotatable bonds is 4. The molecule has 0 aromatic heterocycles. The molecule has 0 saturated heterocycles. The lowest BCUT2D eigenvalue weighted by molar-refractivity contribution is 0.272. The summed E-state index contributed by atoms with van der Waals surface area (Å²) < 4.78 is 20.5. The Balaban J connectivity index is 3.30. The number of halogens is 5. The van der Waals surface area contributed by atoms with Gasteiger partial charge in [-0.15, -0.1) is 0 Å². The van der Waals surface area contributed by atoms with Crippen molar-refractivity contribution in [3.05, 3.63) is 27.9 Å². The van der Waals surface area contributed by atoms with Crippen LogP contribution in [0.1, 0.15) is 12.5 Å². The lowest BCUT2D eigenvalue weighted by Crippen LogP contribution is -1.97. The fourth-order valence-electron chi connectivity index (χ4n) is 1.24. The fraction of sp³-hybridized carbons (Fsp3) is 0.333. The maximum atomic E-state index is 11.8. The highest BCUT2D eigenvalue weighted by Gasteiger charge is 2.26. The molecule has 18 heavy (non-hydrogen) atoms. The summed E-state index contributed by atoms with van der Waals surface area (Å²) in [4.78, 5) is 9.72. The second-order valence-corrected chi connectivity index (χ2v) is 9.08. The van der Waals surface area contributed by atoms with Gasteiger partial charge in [0, 0.05) is 22.4 Å². The molecule has 1 atom stereocenters. The van der Waals surface area contributed by atoms with E-state index in [0.29, 0.717) is 14.5 Å². The summed E-state index contributed by atoms with van der Waals surface area (Å²) in [6.45, 7) is 1.88. The van der Waals surface area contributed by atoms with Crippen LogP contribution in [0.4, 0.5) is 0 Å². The normalized spacial score (nSPS) is 14.6. The summed E-state index contributed by atoms with van der Waals surface area (Å²) in [5.41, 5.74) is 0.663. The number of hydrogen-bond acceptors (Lipinski definition) is 2. The predicted molar refractivity (Wildman–Crippen MR) is 90.1 cm³/mol. The van der Waals surface area contributed by atoms with Crippen molar-refractivity contribution in [2.45, 2.75) is 13.1 Å². The van der Waals surface area contributed by atoms with E-state index < -0.39 is 7.60 Å². The minimum atomic E-state index is -3.64. The second-order valence-electron chi connectivity index (χ2n) is 3.26. The molecule has 3 nitrogen and oxygen atoms in total. The van der Waals surface area contributed by atoms with E-state index in [1.807, 2.05) is 0 Å². The van der Waals surface area contributed by atoms with Crippen LogP contribution in [-0.4, -0.2) is 11.5 Å².